The van der Waals surface area contributed by atoms with E-state index in [4.69, 9.17) is 0 Å². The number of carbonyl (C=O) groups excluding carboxylic acids is 1. The predicted molar refractivity (Wildman–Crippen MR) is 74.4 cm³/mol. The number of halogens is 1. The first kappa shape index (κ1) is 12.8. The Bertz CT molecular complexity index is 403. The molecule has 17 heavy (non-hydrogen) atoms. The summed E-state index contributed by atoms with van der Waals surface area (Å²) in [5.74, 6) is 0.612. The molecule has 0 bridgehead atoms. The molecule has 1 fully saturated rings. The lowest BCUT2D eigenvalue weighted by atomic mass is 9.90. The van der Waals surface area contributed by atoms with Crippen LogP contribution in [0.1, 0.15) is 54.4 Å². The van der Waals surface area contributed by atoms with Crippen LogP contribution in [0.15, 0.2) is 22.7 Å². The number of rotatable bonds is 2. The van der Waals surface area contributed by atoms with Crippen molar-refractivity contribution >= 4 is 21.7 Å². The molecule has 1 saturated carbocycles. The highest BCUT2D eigenvalue weighted by Crippen LogP contribution is 2.27. The zero-order valence-corrected chi connectivity index (χ0v) is 11.9. The first-order valence-electron chi connectivity index (χ1n) is 6.49. The second-order valence-electron chi connectivity index (χ2n) is 5.02. The molecular formula is C15H19BrO. The molecule has 0 spiro atoms. The third-order valence-electron chi connectivity index (χ3n) is 3.67. The summed E-state index contributed by atoms with van der Waals surface area (Å²) in [6.45, 7) is 2.04. The van der Waals surface area contributed by atoms with Crippen molar-refractivity contribution in [1.29, 1.82) is 0 Å². The number of hydrogen-bond acceptors (Lipinski definition) is 1. The summed E-state index contributed by atoms with van der Waals surface area (Å²) in [6, 6.07) is 5.95. The molecule has 1 nitrogen and oxygen atoms in total. The van der Waals surface area contributed by atoms with E-state index in [1.807, 2.05) is 25.1 Å². The van der Waals surface area contributed by atoms with Gasteiger partial charge in [0.2, 0.25) is 0 Å². The van der Waals surface area contributed by atoms with Crippen LogP contribution in [0.3, 0.4) is 0 Å². The third kappa shape index (κ3) is 3.19. The van der Waals surface area contributed by atoms with Crippen molar-refractivity contribution in [1.82, 2.24) is 0 Å². The lowest BCUT2D eigenvalue weighted by Crippen LogP contribution is -2.14. The predicted octanol–water partition coefficient (Wildman–Crippen LogP) is 4.91. The minimum atomic E-state index is 0.262. The molecular weight excluding hydrogens is 276 g/mol. The van der Waals surface area contributed by atoms with Gasteiger partial charge in [-0.25, -0.2) is 0 Å². The van der Waals surface area contributed by atoms with Gasteiger partial charge < -0.3 is 0 Å². The van der Waals surface area contributed by atoms with Crippen LogP contribution in [0.4, 0.5) is 0 Å². The van der Waals surface area contributed by atoms with Crippen molar-refractivity contribution in [2.24, 2.45) is 5.92 Å². The zero-order chi connectivity index (χ0) is 12.3. The van der Waals surface area contributed by atoms with Gasteiger partial charge in [-0.05, 0) is 37.5 Å². The maximum absolute atomic E-state index is 12.4. The molecule has 1 aromatic rings. The molecule has 0 heterocycles. The molecule has 0 N–H and O–H groups in total. The monoisotopic (exact) mass is 294 g/mol. The van der Waals surface area contributed by atoms with Gasteiger partial charge in [-0.2, -0.15) is 0 Å². The number of aryl methyl sites for hydroxylation is 1. The number of carbonyl (C=O) groups is 1. The van der Waals surface area contributed by atoms with Crippen LogP contribution >= 0.6 is 15.9 Å². The maximum Gasteiger partial charge on any atom is 0.165 e. The third-order valence-corrected chi connectivity index (χ3v) is 4.56. The van der Waals surface area contributed by atoms with Crippen molar-refractivity contribution in [2.45, 2.75) is 45.4 Å². The molecule has 1 aliphatic rings. The summed E-state index contributed by atoms with van der Waals surface area (Å²) in [5, 5.41) is 0. The van der Waals surface area contributed by atoms with Crippen molar-refractivity contribution in [3.63, 3.8) is 0 Å². The minimum absolute atomic E-state index is 0.262. The summed E-state index contributed by atoms with van der Waals surface area (Å²) < 4.78 is 1.08. The zero-order valence-electron chi connectivity index (χ0n) is 10.3. The molecule has 2 heteroatoms. The summed E-state index contributed by atoms with van der Waals surface area (Å²) >= 11 is 3.48. The van der Waals surface area contributed by atoms with Crippen LogP contribution in [-0.4, -0.2) is 5.78 Å². The van der Waals surface area contributed by atoms with Crippen LogP contribution in [-0.2, 0) is 0 Å². The molecule has 1 aromatic carbocycles. The van der Waals surface area contributed by atoms with E-state index in [1.54, 1.807) is 0 Å². The Balaban J connectivity index is 2.14. The van der Waals surface area contributed by atoms with Crippen molar-refractivity contribution < 1.29 is 4.79 Å². The van der Waals surface area contributed by atoms with Gasteiger partial charge in [-0.15, -0.1) is 0 Å². The smallest absolute Gasteiger partial charge is 0.165 e. The summed E-state index contributed by atoms with van der Waals surface area (Å²) in [7, 11) is 0. The highest BCUT2D eigenvalue weighted by Gasteiger charge is 2.21. The summed E-state index contributed by atoms with van der Waals surface area (Å²) in [6.07, 6.45) is 7.17. The van der Waals surface area contributed by atoms with Gasteiger partial charge in [0, 0.05) is 16.0 Å². The first-order valence-corrected chi connectivity index (χ1v) is 7.28. The van der Waals surface area contributed by atoms with Crippen molar-refractivity contribution in [2.75, 3.05) is 0 Å². The molecule has 0 aliphatic heterocycles. The average molecular weight is 295 g/mol. The van der Waals surface area contributed by atoms with E-state index in [2.05, 4.69) is 15.9 Å². The van der Waals surface area contributed by atoms with E-state index < -0.39 is 0 Å². The summed E-state index contributed by atoms with van der Waals surface area (Å²) in [4.78, 5) is 12.4. The van der Waals surface area contributed by atoms with Crippen molar-refractivity contribution in [3.8, 4) is 0 Å². The van der Waals surface area contributed by atoms with E-state index in [1.165, 1.54) is 25.7 Å². The van der Waals surface area contributed by atoms with Crippen molar-refractivity contribution in [3.05, 3.63) is 33.8 Å². The second kappa shape index (κ2) is 5.81. The fourth-order valence-electron chi connectivity index (χ4n) is 2.58. The van der Waals surface area contributed by atoms with E-state index in [9.17, 15) is 4.79 Å². The molecule has 0 atom stereocenters. The van der Waals surface area contributed by atoms with Gasteiger partial charge in [0.15, 0.2) is 5.78 Å². The Labute approximate surface area is 112 Å². The topological polar surface area (TPSA) is 17.1 Å². The van der Waals surface area contributed by atoms with Crippen LogP contribution in [0.2, 0.25) is 0 Å². The lowest BCUT2D eigenvalue weighted by Gasteiger charge is -2.13. The van der Waals surface area contributed by atoms with Crippen LogP contribution in [0, 0.1) is 12.8 Å². The molecule has 1 aliphatic carbocycles. The Hall–Kier alpha value is -0.630. The molecule has 92 valence electrons. The Morgan fingerprint density at radius 2 is 1.82 bits per heavy atom. The Morgan fingerprint density at radius 3 is 2.41 bits per heavy atom. The average Bonchev–Trinajstić information content (AvgIpc) is 2.60. The fraction of sp³-hybridized carbons (Fsp3) is 0.533. The molecule has 0 saturated heterocycles. The van der Waals surface area contributed by atoms with Gasteiger partial charge in [0.25, 0.3) is 0 Å². The lowest BCUT2D eigenvalue weighted by molar-refractivity contribution is 0.0908. The minimum Gasteiger partial charge on any atom is -0.294 e. The van der Waals surface area contributed by atoms with Gasteiger partial charge >= 0.3 is 0 Å². The van der Waals surface area contributed by atoms with Gasteiger partial charge in [0.1, 0.15) is 0 Å². The quantitative estimate of drug-likeness (QED) is 0.559. The fourth-order valence-corrected chi connectivity index (χ4v) is 2.82. The molecule has 0 amide bonds. The SMILES string of the molecule is Cc1cc(C(=O)C2CCCCCC2)ccc1Br. The van der Waals surface area contributed by atoms with E-state index in [0.29, 0.717) is 5.78 Å². The van der Waals surface area contributed by atoms with Gasteiger partial charge in [-0.3, -0.25) is 4.79 Å². The van der Waals surface area contributed by atoms with Crippen LogP contribution in [0.5, 0.6) is 0 Å². The highest BCUT2D eigenvalue weighted by molar-refractivity contribution is 9.10. The van der Waals surface area contributed by atoms with Gasteiger partial charge in [0.05, 0.1) is 0 Å². The van der Waals surface area contributed by atoms with Gasteiger partial charge in [-0.1, -0.05) is 47.7 Å². The number of hydrogen-bond donors (Lipinski definition) is 0. The Kier molecular flexibility index (Phi) is 4.38. The Morgan fingerprint density at radius 1 is 1.18 bits per heavy atom. The van der Waals surface area contributed by atoms with E-state index in [-0.39, 0.29) is 5.92 Å². The molecule has 0 radical (unpaired) electrons. The summed E-state index contributed by atoms with van der Waals surface area (Å²) in [5.41, 5.74) is 2.03. The number of ketones is 1. The maximum atomic E-state index is 12.4. The highest BCUT2D eigenvalue weighted by atomic mass is 79.9. The molecule has 0 aromatic heterocycles. The second-order valence-corrected chi connectivity index (χ2v) is 5.87. The number of benzene rings is 1. The van der Waals surface area contributed by atoms with Crippen LogP contribution < -0.4 is 0 Å². The molecule has 0 unspecified atom stereocenters. The first-order chi connectivity index (χ1) is 8.18. The normalized spacial score (nSPS) is 17.8. The van der Waals surface area contributed by atoms with E-state index >= 15 is 0 Å². The largest absolute Gasteiger partial charge is 0.294 e. The standard InChI is InChI=1S/C15H19BrO/c1-11-10-13(8-9-14(11)16)15(17)12-6-4-2-3-5-7-12/h8-10,12H,2-7H2,1H3. The van der Waals surface area contributed by atoms with E-state index in [0.717, 1.165) is 28.4 Å². The van der Waals surface area contributed by atoms with Crippen LogP contribution in [0.25, 0.3) is 0 Å². The molecule has 2 rings (SSSR count). The number of Topliss-reactive ketones (excluding diaryl/α,β-unsaturated/α-hetero) is 1.